The van der Waals surface area contributed by atoms with Crippen LogP contribution in [0.2, 0.25) is 0 Å². The second-order valence-corrected chi connectivity index (χ2v) is 9.07. The van der Waals surface area contributed by atoms with Gasteiger partial charge in [0.2, 0.25) is 11.0 Å². The molecular weight excluding hydrogens is 474 g/mol. The predicted molar refractivity (Wildman–Crippen MR) is 130 cm³/mol. The number of amides is 2. The molecule has 12 heteroatoms. The number of nitrogens with zero attached hydrogens (tertiary/aromatic N) is 5. The lowest BCUT2D eigenvalue weighted by molar-refractivity contribution is -0.113. The zero-order valence-electron chi connectivity index (χ0n) is 18.4. The van der Waals surface area contributed by atoms with E-state index in [9.17, 15) is 9.59 Å². The molecule has 0 fully saturated rings. The third-order valence-corrected chi connectivity index (χ3v) is 6.24. The number of nitrogens with one attached hydrogen (secondary N) is 2. The van der Waals surface area contributed by atoms with Gasteiger partial charge >= 0.3 is 0 Å². The minimum Gasteiger partial charge on any atom is -0.497 e. The summed E-state index contributed by atoms with van der Waals surface area (Å²) in [5.74, 6) is 0.754. The highest BCUT2D eigenvalue weighted by Gasteiger charge is 2.17. The number of hydrogen-bond acceptors (Lipinski definition) is 9. The molecule has 0 saturated carbocycles. The van der Waals surface area contributed by atoms with Crippen LogP contribution >= 0.6 is 23.1 Å². The van der Waals surface area contributed by atoms with Crippen LogP contribution in [0.15, 0.2) is 59.8 Å². The largest absolute Gasteiger partial charge is 0.497 e. The Hall–Kier alpha value is -3.77. The van der Waals surface area contributed by atoms with Crippen molar-refractivity contribution in [3.05, 3.63) is 71.0 Å². The Kier molecular flexibility index (Phi) is 7.50. The molecule has 0 spiro atoms. The first kappa shape index (κ1) is 23.4. The first-order valence-corrected chi connectivity index (χ1v) is 12.0. The van der Waals surface area contributed by atoms with Crippen LogP contribution in [0.5, 0.6) is 5.75 Å². The van der Waals surface area contributed by atoms with E-state index in [0.29, 0.717) is 27.4 Å². The first-order valence-electron chi connectivity index (χ1n) is 10.2. The van der Waals surface area contributed by atoms with E-state index in [2.05, 4.69) is 31.0 Å². The van der Waals surface area contributed by atoms with Gasteiger partial charge in [0.1, 0.15) is 10.8 Å². The third kappa shape index (κ3) is 5.77. The fourth-order valence-electron chi connectivity index (χ4n) is 3.00. The number of ether oxygens (including phenoxy) is 1. The fourth-order valence-corrected chi connectivity index (χ4v) is 4.38. The van der Waals surface area contributed by atoms with Gasteiger partial charge in [0, 0.05) is 11.3 Å². The Morgan fingerprint density at radius 2 is 1.88 bits per heavy atom. The van der Waals surface area contributed by atoms with Gasteiger partial charge in [0.15, 0.2) is 11.0 Å². The van der Waals surface area contributed by atoms with Crippen molar-refractivity contribution in [3.8, 4) is 11.4 Å². The lowest BCUT2D eigenvalue weighted by Gasteiger charge is -2.11. The Labute approximate surface area is 203 Å². The SMILES string of the molecule is COc1cccc(C(=O)NCc2nnc(SCC(=O)Nc3nnc(C)s3)n2-c2ccccc2)c1. The fraction of sp³-hybridized carbons (Fsp3) is 0.182. The predicted octanol–water partition coefficient (Wildman–Crippen LogP) is 3.10. The average molecular weight is 496 g/mol. The molecule has 4 aromatic rings. The second kappa shape index (κ2) is 10.9. The summed E-state index contributed by atoms with van der Waals surface area (Å²) in [4.78, 5) is 25.0. The Bertz CT molecular complexity index is 1290. The molecule has 0 atom stereocenters. The van der Waals surface area contributed by atoms with Crippen molar-refractivity contribution in [2.45, 2.75) is 18.6 Å². The van der Waals surface area contributed by atoms with Crippen molar-refractivity contribution in [2.75, 3.05) is 18.2 Å². The molecule has 2 aromatic heterocycles. The van der Waals surface area contributed by atoms with E-state index in [-0.39, 0.29) is 24.1 Å². The highest BCUT2D eigenvalue weighted by molar-refractivity contribution is 7.99. The number of benzene rings is 2. The Balaban J connectivity index is 1.48. The maximum atomic E-state index is 12.6. The Morgan fingerprint density at radius 3 is 2.62 bits per heavy atom. The number of aryl methyl sites for hydroxylation is 1. The Morgan fingerprint density at radius 1 is 1.06 bits per heavy atom. The molecule has 0 radical (unpaired) electrons. The van der Waals surface area contributed by atoms with Crippen LogP contribution in [-0.4, -0.2) is 49.6 Å². The summed E-state index contributed by atoms with van der Waals surface area (Å²) in [5, 5.41) is 23.7. The standard InChI is InChI=1S/C22H21N7O3S2/c1-14-25-27-21(34-14)24-19(30)13-33-22-28-26-18(29(22)16-8-4-3-5-9-16)12-23-20(31)15-7-6-10-17(11-15)32-2/h3-11H,12-13H2,1-2H3,(H,23,31)(H,24,27,30). The van der Waals surface area contributed by atoms with E-state index in [0.717, 1.165) is 10.7 Å². The quantitative estimate of drug-likeness (QED) is 0.340. The number of methoxy groups -OCH3 is 1. The smallest absolute Gasteiger partial charge is 0.251 e. The van der Waals surface area contributed by atoms with Gasteiger partial charge in [-0.05, 0) is 37.3 Å². The molecule has 0 saturated heterocycles. The highest BCUT2D eigenvalue weighted by Crippen LogP contribution is 2.23. The molecule has 0 unspecified atom stereocenters. The van der Waals surface area contributed by atoms with Crippen LogP contribution in [-0.2, 0) is 11.3 Å². The van der Waals surface area contributed by atoms with E-state index in [1.54, 1.807) is 31.4 Å². The van der Waals surface area contributed by atoms with Gasteiger partial charge in [-0.2, -0.15) is 0 Å². The van der Waals surface area contributed by atoms with Crippen molar-refractivity contribution in [3.63, 3.8) is 0 Å². The van der Waals surface area contributed by atoms with Gasteiger partial charge in [-0.1, -0.05) is 47.4 Å². The first-order chi connectivity index (χ1) is 16.5. The molecule has 0 bridgehead atoms. The van der Waals surface area contributed by atoms with Crippen molar-refractivity contribution in [2.24, 2.45) is 0 Å². The summed E-state index contributed by atoms with van der Waals surface area (Å²) < 4.78 is 7.00. The molecule has 2 heterocycles. The minimum absolute atomic E-state index is 0.111. The molecule has 0 aliphatic heterocycles. The number of para-hydroxylation sites is 1. The summed E-state index contributed by atoms with van der Waals surface area (Å²) in [5.41, 5.74) is 1.30. The second-order valence-electron chi connectivity index (χ2n) is 6.95. The topological polar surface area (TPSA) is 124 Å². The molecule has 10 nitrogen and oxygen atoms in total. The van der Waals surface area contributed by atoms with Crippen molar-refractivity contribution in [1.29, 1.82) is 0 Å². The van der Waals surface area contributed by atoms with Gasteiger partial charge in [-0.15, -0.1) is 20.4 Å². The van der Waals surface area contributed by atoms with Crippen LogP contribution in [0.3, 0.4) is 0 Å². The van der Waals surface area contributed by atoms with E-state index < -0.39 is 0 Å². The van der Waals surface area contributed by atoms with E-state index >= 15 is 0 Å². The maximum Gasteiger partial charge on any atom is 0.251 e. The lowest BCUT2D eigenvalue weighted by atomic mass is 10.2. The van der Waals surface area contributed by atoms with Gasteiger partial charge in [-0.3, -0.25) is 19.5 Å². The van der Waals surface area contributed by atoms with Crippen LogP contribution in [0, 0.1) is 6.92 Å². The van der Waals surface area contributed by atoms with E-state index in [4.69, 9.17) is 4.74 Å². The monoisotopic (exact) mass is 495 g/mol. The zero-order chi connectivity index (χ0) is 23.9. The summed E-state index contributed by atoms with van der Waals surface area (Å²) in [6, 6.07) is 16.4. The van der Waals surface area contributed by atoms with Crippen molar-refractivity contribution < 1.29 is 14.3 Å². The van der Waals surface area contributed by atoms with Gasteiger partial charge in [0.05, 0.1) is 19.4 Å². The summed E-state index contributed by atoms with van der Waals surface area (Å²) in [6.45, 7) is 1.97. The van der Waals surface area contributed by atoms with E-state index in [1.807, 2.05) is 41.8 Å². The number of carbonyl (C=O) groups excluding carboxylic acids is 2. The number of hydrogen-bond donors (Lipinski definition) is 2. The third-order valence-electron chi connectivity index (χ3n) is 4.56. The molecule has 2 N–H and O–H groups in total. The summed E-state index contributed by atoms with van der Waals surface area (Å²) >= 11 is 2.54. The van der Waals surface area contributed by atoms with E-state index in [1.165, 1.54) is 23.1 Å². The van der Waals surface area contributed by atoms with Crippen LogP contribution < -0.4 is 15.4 Å². The molecule has 0 aliphatic rings. The molecule has 2 amide bonds. The molecule has 34 heavy (non-hydrogen) atoms. The summed E-state index contributed by atoms with van der Waals surface area (Å²) in [7, 11) is 1.55. The maximum absolute atomic E-state index is 12.6. The lowest BCUT2D eigenvalue weighted by Crippen LogP contribution is -2.24. The number of aromatic nitrogens is 5. The molecular formula is C22H21N7O3S2. The van der Waals surface area contributed by atoms with Crippen LogP contribution in [0.25, 0.3) is 5.69 Å². The number of rotatable bonds is 9. The zero-order valence-corrected chi connectivity index (χ0v) is 20.0. The normalized spacial score (nSPS) is 10.6. The minimum atomic E-state index is -0.262. The highest BCUT2D eigenvalue weighted by atomic mass is 32.2. The number of thioether (sulfide) groups is 1. The molecule has 4 rings (SSSR count). The van der Waals surface area contributed by atoms with Crippen LogP contribution in [0.4, 0.5) is 5.13 Å². The van der Waals surface area contributed by atoms with Gasteiger partial charge in [0.25, 0.3) is 5.91 Å². The van der Waals surface area contributed by atoms with Gasteiger partial charge in [-0.25, -0.2) is 0 Å². The number of carbonyl (C=O) groups is 2. The molecule has 0 aliphatic carbocycles. The number of anilines is 1. The average Bonchev–Trinajstić information content (AvgIpc) is 3.47. The molecule has 174 valence electrons. The van der Waals surface area contributed by atoms with Crippen LogP contribution in [0.1, 0.15) is 21.2 Å². The molecule has 2 aromatic carbocycles. The van der Waals surface area contributed by atoms with Gasteiger partial charge < -0.3 is 10.1 Å². The van der Waals surface area contributed by atoms with Crippen molar-refractivity contribution >= 4 is 40.0 Å². The summed E-state index contributed by atoms with van der Waals surface area (Å²) in [6.07, 6.45) is 0. The van der Waals surface area contributed by atoms with Crippen molar-refractivity contribution in [1.82, 2.24) is 30.3 Å².